The van der Waals surface area contributed by atoms with E-state index in [2.05, 4.69) is 104 Å². The smallest absolute Gasteiger partial charge is 0.236 e. The second kappa shape index (κ2) is 20.0. The van der Waals surface area contributed by atoms with Gasteiger partial charge in [0.2, 0.25) is 5.69 Å². The predicted molar refractivity (Wildman–Crippen MR) is 245 cm³/mol. The van der Waals surface area contributed by atoms with Crippen LogP contribution in [-0.2, 0) is 43.8 Å². The van der Waals surface area contributed by atoms with Crippen molar-refractivity contribution >= 4 is 28.7 Å². The van der Waals surface area contributed by atoms with E-state index in [1.54, 1.807) is 24.3 Å². The summed E-state index contributed by atoms with van der Waals surface area (Å²) in [5.74, 6) is 1.75. The van der Waals surface area contributed by atoms with Gasteiger partial charge in [0, 0.05) is 43.6 Å². The Morgan fingerprint density at radius 1 is 0.714 bits per heavy atom. The SMILES string of the molecule is Cc1nc2c(nc1C)N(c1[c-]cccc1)[CH-]N2C.[C-]#[N+]c1c[c-]c(-c2cc(C(C)(C)C)cc(CCCCc3cc(C(C)(C)C)cc(-c4[c-]cc(C#N)cc4[N+]#[C-])n3)n2)c(C#N)c1.[Ir]. The number of rotatable bonds is 8. The third-order valence-corrected chi connectivity index (χ3v) is 10.5. The monoisotopic (exact) mass is 1010 g/mol. The number of pyridine rings is 2. The van der Waals surface area contributed by atoms with Crippen molar-refractivity contribution in [3.8, 4) is 34.7 Å². The first kappa shape index (κ1) is 47.3. The van der Waals surface area contributed by atoms with E-state index in [1.807, 2.05) is 73.8 Å². The Morgan fingerprint density at radius 2 is 1.30 bits per heavy atom. The van der Waals surface area contributed by atoms with Crippen molar-refractivity contribution in [3.63, 3.8) is 0 Å². The molecule has 1 aliphatic rings. The fourth-order valence-corrected chi connectivity index (χ4v) is 6.83. The molecule has 0 saturated heterocycles. The second-order valence-electron chi connectivity index (χ2n) is 17.3. The first-order chi connectivity index (χ1) is 29.5. The van der Waals surface area contributed by atoms with Crippen LogP contribution in [0.25, 0.3) is 32.2 Å². The third kappa shape index (κ3) is 11.2. The fourth-order valence-electron chi connectivity index (χ4n) is 6.83. The van der Waals surface area contributed by atoms with Gasteiger partial charge in [-0.3, -0.25) is 0 Å². The van der Waals surface area contributed by atoms with Crippen molar-refractivity contribution in [1.82, 2.24) is 19.9 Å². The normalized spacial score (nSPS) is 11.8. The van der Waals surface area contributed by atoms with E-state index in [9.17, 15) is 10.5 Å². The molecule has 0 aliphatic carbocycles. The largest absolute Gasteiger partial charge is 0.487 e. The summed E-state index contributed by atoms with van der Waals surface area (Å²) in [4.78, 5) is 30.2. The molecule has 3 aromatic heterocycles. The summed E-state index contributed by atoms with van der Waals surface area (Å²) in [6, 6.07) is 36.3. The number of benzene rings is 3. The summed E-state index contributed by atoms with van der Waals surface area (Å²) in [5, 5.41) is 19.0. The minimum Gasteiger partial charge on any atom is -0.487 e. The summed E-state index contributed by atoms with van der Waals surface area (Å²) in [5.41, 5.74) is 11.0. The van der Waals surface area contributed by atoms with E-state index in [4.69, 9.17) is 23.1 Å². The van der Waals surface area contributed by atoms with Gasteiger partial charge in [0.05, 0.1) is 18.0 Å². The molecule has 0 saturated carbocycles. The molecular formula is C52H48IrN10-4. The van der Waals surface area contributed by atoms with Crippen LogP contribution in [0.2, 0.25) is 0 Å². The summed E-state index contributed by atoms with van der Waals surface area (Å²) >= 11 is 0. The van der Waals surface area contributed by atoms with Crippen molar-refractivity contribution in [2.75, 3.05) is 16.8 Å². The van der Waals surface area contributed by atoms with Crippen LogP contribution < -0.4 is 9.80 Å². The molecule has 0 atom stereocenters. The zero-order valence-corrected chi connectivity index (χ0v) is 39.5. The van der Waals surface area contributed by atoms with Crippen molar-refractivity contribution in [1.29, 1.82) is 10.5 Å². The standard InChI is InChI=1S/C38H34N6.C14H14N4.Ir/c1-37(2,3)27-19-30(43-35(21-27)32-16-14-29(41-7)18-26(32)24-40)11-9-10-12-31-20-28(38(4,5)6)22-36(44-31)33-15-13-25(23-39)17-34(33)42-8;1-10-11(2)16-14-13(15-10)17(3)9-18(14)12-7-5-4-6-8-12;/h13-14,17-22H,9-12H2,1-6H3;4-7,9H,1-3H3;/q2*-2;. The molecule has 11 heteroatoms. The molecule has 0 unspecified atom stereocenters. The van der Waals surface area contributed by atoms with Crippen LogP contribution in [-0.4, -0.2) is 27.0 Å². The number of para-hydroxylation sites is 1. The Hall–Kier alpha value is -6.75. The van der Waals surface area contributed by atoms with E-state index in [0.29, 0.717) is 45.0 Å². The van der Waals surface area contributed by atoms with Crippen molar-refractivity contribution < 1.29 is 20.1 Å². The predicted octanol–water partition coefficient (Wildman–Crippen LogP) is 12.0. The number of nitriles is 2. The van der Waals surface area contributed by atoms with Crippen LogP contribution in [0.3, 0.4) is 0 Å². The zero-order chi connectivity index (χ0) is 44.8. The number of anilines is 3. The Balaban J connectivity index is 0.000000326. The fraction of sp³-hybridized carbons (Fsp3) is 0.288. The van der Waals surface area contributed by atoms with Crippen LogP contribution in [0, 0.1) is 74.5 Å². The molecule has 3 aromatic carbocycles. The molecule has 1 aliphatic heterocycles. The minimum absolute atomic E-state index is 0. The van der Waals surface area contributed by atoms with Gasteiger partial charge in [-0.05, 0) is 109 Å². The van der Waals surface area contributed by atoms with Crippen LogP contribution in [0.15, 0.2) is 72.8 Å². The Bertz CT molecular complexity index is 2650. The molecule has 0 bridgehead atoms. The van der Waals surface area contributed by atoms with E-state index in [-0.39, 0.29) is 30.9 Å². The molecule has 319 valence electrons. The Morgan fingerprint density at radius 3 is 1.83 bits per heavy atom. The van der Waals surface area contributed by atoms with Crippen LogP contribution in [0.4, 0.5) is 28.7 Å². The average Bonchev–Trinajstić information content (AvgIpc) is 3.58. The summed E-state index contributed by atoms with van der Waals surface area (Å²) in [6.45, 7) is 33.8. The summed E-state index contributed by atoms with van der Waals surface area (Å²) in [6.07, 6.45) is 3.30. The quantitative estimate of drug-likeness (QED) is 0.109. The maximum Gasteiger partial charge on any atom is 0.236 e. The van der Waals surface area contributed by atoms with Crippen LogP contribution >= 0.6 is 0 Å². The molecule has 10 nitrogen and oxygen atoms in total. The topological polar surface area (TPSA) is 114 Å². The molecular weight excluding hydrogens is 957 g/mol. The first-order valence-electron chi connectivity index (χ1n) is 20.4. The molecule has 0 N–H and O–H groups in total. The second-order valence-corrected chi connectivity index (χ2v) is 17.3. The molecule has 6 aromatic rings. The molecule has 4 heterocycles. The number of fused-ring (bicyclic) bond motifs is 1. The van der Waals surface area contributed by atoms with Gasteiger partial charge in [0.25, 0.3) is 0 Å². The van der Waals surface area contributed by atoms with Crippen LogP contribution in [0.1, 0.15) is 99.4 Å². The van der Waals surface area contributed by atoms with Gasteiger partial charge < -0.3 is 19.8 Å². The number of aromatic nitrogens is 4. The molecule has 7 rings (SSSR count). The van der Waals surface area contributed by atoms with Gasteiger partial charge >= 0.3 is 0 Å². The van der Waals surface area contributed by atoms with Gasteiger partial charge in [-0.1, -0.05) is 71.4 Å². The number of unbranched alkanes of at least 4 members (excludes halogenated alkanes) is 1. The molecule has 63 heavy (non-hydrogen) atoms. The molecule has 0 spiro atoms. The van der Waals surface area contributed by atoms with Gasteiger partial charge in [-0.15, -0.1) is 36.1 Å². The van der Waals surface area contributed by atoms with Crippen molar-refractivity contribution in [2.45, 2.75) is 91.9 Å². The Kier molecular flexibility index (Phi) is 15.0. The Labute approximate surface area is 386 Å². The number of aryl methyl sites for hydroxylation is 4. The maximum atomic E-state index is 9.76. The van der Waals surface area contributed by atoms with Gasteiger partial charge in [-0.25, -0.2) is 25.3 Å². The first-order valence-corrected chi connectivity index (χ1v) is 20.4. The van der Waals surface area contributed by atoms with Crippen molar-refractivity contribution in [2.24, 2.45) is 0 Å². The van der Waals surface area contributed by atoms with Gasteiger partial charge in [0.15, 0.2) is 5.69 Å². The van der Waals surface area contributed by atoms with E-state index < -0.39 is 0 Å². The van der Waals surface area contributed by atoms with Crippen LogP contribution in [0.5, 0.6) is 0 Å². The maximum absolute atomic E-state index is 9.76. The number of hydrogen-bond acceptors (Lipinski definition) is 8. The number of nitrogens with zero attached hydrogens (tertiary/aromatic N) is 10. The van der Waals surface area contributed by atoms with E-state index in [1.165, 1.54) is 0 Å². The van der Waals surface area contributed by atoms with E-state index in [0.717, 1.165) is 76.9 Å². The summed E-state index contributed by atoms with van der Waals surface area (Å²) in [7, 11) is 1.98. The van der Waals surface area contributed by atoms with E-state index >= 15 is 0 Å². The summed E-state index contributed by atoms with van der Waals surface area (Å²) < 4.78 is 0. The molecule has 1 radical (unpaired) electrons. The number of hydrogen-bond donors (Lipinski definition) is 0. The molecule has 0 amide bonds. The molecule has 0 fully saturated rings. The third-order valence-electron chi connectivity index (χ3n) is 10.5. The van der Waals surface area contributed by atoms with Gasteiger partial charge in [-0.2, -0.15) is 35.2 Å². The average molecular weight is 1010 g/mol. The van der Waals surface area contributed by atoms with Crippen molar-refractivity contribution in [3.05, 3.63) is 166 Å². The van der Waals surface area contributed by atoms with Gasteiger partial charge in [0.1, 0.15) is 18.2 Å². The minimum atomic E-state index is -0.115. The zero-order valence-electron chi connectivity index (χ0n) is 37.1.